The molecule has 4 nitrogen and oxygen atoms in total. The topological polar surface area (TPSA) is 59.6 Å². The van der Waals surface area contributed by atoms with Gasteiger partial charge in [-0.3, -0.25) is 4.68 Å². The lowest BCUT2D eigenvalue weighted by atomic mass is 10.1. The zero-order valence-corrected chi connectivity index (χ0v) is 9.86. The first-order valence-electron chi connectivity index (χ1n) is 5.53. The average Bonchev–Trinajstić information content (AvgIpc) is 2.84. The fourth-order valence-electron chi connectivity index (χ4n) is 2.22. The lowest BCUT2D eigenvalue weighted by Crippen LogP contribution is -1.95. The molecule has 0 spiro atoms. The van der Waals surface area contributed by atoms with Gasteiger partial charge in [0.15, 0.2) is 0 Å². The van der Waals surface area contributed by atoms with Gasteiger partial charge in [-0.05, 0) is 24.6 Å². The van der Waals surface area contributed by atoms with E-state index in [9.17, 15) is 0 Å². The molecule has 0 amide bonds. The van der Waals surface area contributed by atoms with Crippen LogP contribution in [-0.4, -0.2) is 14.8 Å². The van der Waals surface area contributed by atoms with Crippen molar-refractivity contribution in [3.05, 3.63) is 36.0 Å². The highest BCUT2D eigenvalue weighted by atomic mass is 15.3. The SMILES string of the molecule is Cc1cccc2[nH]c(-c3c(N)cnn3C)cc12. The van der Waals surface area contributed by atoms with E-state index in [1.807, 2.05) is 13.1 Å². The van der Waals surface area contributed by atoms with Crippen molar-refractivity contribution in [3.8, 4) is 11.4 Å². The molecule has 0 aliphatic rings. The molecule has 0 saturated carbocycles. The third-order valence-corrected chi connectivity index (χ3v) is 3.10. The summed E-state index contributed by atoms with van der Waals surface area (Å²) in [6.07, 6.45) is 1.67. The van der Waals surface area contributed by atoms with Gasteiger partial charge in [-0.25, -0.2) is 0 Å². The van der Waals surface area contributed by atoms with Crippen LogP contribution in [0.15, 0.2) is 30.5 Å². The number of aryl methyl sites for hydroxylation is 2. The minimum absolute atomic E-state index is 0.691. The van der Waals surface area contributed by atoms with Crippen LogP contribution in [0.5, 0.6) is 0 Å². The number of hydrogen-bond acceptors (Lipinski definition) is 2. The number of nitrogens with zero attached hydrogens (tertiary/aromatic N) is 2. The first-order chi connectivity index (χ1) is 8.16. The van der Waals surface area contributed by atoms with Gasteiger partial charge in [0, 0.05) is 18.0 Å². The molecule has 0 fully saturated rings. The summed E-state index contributed by atoms with van der Waals surface area (Å²) in [6, 6.07) is 8.34. The molecule has 3 aromatic rings. The molecule has 0 aliphatic carbocycles. The molecule has 4 heteroatoms. The maximum Gasteiger partial charge on any atom is 0.107 e. The van der Waals surface area contributed by atoms with E-state index in [1.54, 1.807) is 10.9 Å². The van der Waals surface area contributed by atoms with Gasteiger partial charge in [0.25, 0.3) is 0 Å². The summed E-state index contributed by atoms with van der Waals surface area (Å²) in [4.78, 5) is 3.38. The number of anilines is 1. The van der Waals surface area contributed by atoms with Crippen LogP contribution in [0, 0.1) is 6.92 Å². The van der Waals surface area contributed by atoms with Crippen molar-refractivity contribution < 1.29 is 0 Å². The second-order valence-electron chi connectivity index (χ2n) is 4.29. The molecule has 2 heterocycles. The van der Waals surface area contributed by atoms with Crippen LogP contribution < -0.4 is 5.73 Å². The minimum atomic E-state index is 0.691. The Balaban J connectivity index is 2.29. The Hall–Kier alpha value is -2.23. The number of nitrogens with one attached hydrogen (secondary N) is 1. The van der Waals surface area contributed by atoms with Gasteiger partial charge in [0.1, 0.15) is 5.69 Å². The van der Waals surface area contributed by atoms with E-state index in [2.05, 4.69) is 35.2 Å². The minimum Gasteiger partial charge on any atom is -0.396 e. The second kappa shape index (κ2) is 3.38. The lowest BCUT2D eigenvalue weighted by Gasteiger charge is -1.99. The zero-order chi connectivity index (χ0) is 12.0. The van der Waals surface area contributed by atoms with E-state index in [1.165, 1.54) is 10.9 Å². The molecule has 0 saturated heterocycles. The Kier molecular flexibility index (Phi) is 1.98. The van der Waals surface area contributed by atoms with Gasteiger partial charge in [0.05, 0.1) is 17.6 Å². The number of rotatable bonds is 1. The van der Waals surface area contributed by atoms with Gasteiger partial charge < -0.3 is 10.7 Å². The summed E-state index contributed by atoms with van der Waals surface area (Å²) in [7, 11) is 1.89. The number of hydrogen-bond donors (Lipinski definition) is 2. The highest BCUT2D eigenvalue weighted by Crippen LogP contribution is 2.29. The standard InChI is InChI=1S/C13H14N4/c1-8-4-3-5-11-9(8)6-12(16-11)13-10(14)7-15-17(13)2/h3-7,16H,14H2,1-2H3. The van der Waals surface area contributed by atoms with Crippen LogP contribution >= 0.6 is 0 Å². The molecule has 17 heavy (non-hydrogen) atoms. The van der Waals surface area contributed by atoms with Gasteiger partial charge in [0.2, 0.25) is 0 Å². The number of aromatic amines is 1. The highest BCUT2D eigenvalue weighted by Gasteiger charge is 2.11. The number of benzene rings is 1. The fraction of sp³-hybridized carbons (Fsp3) is 0.154. The third-order valence-electron chi connectivity index (χ3n) is 3.10. The van der Waals surface area contributed by atoms with Crippen molar-refractivity contribution in [2.24, 2.45) is 7.05 Å². The Morgan fingerprint density at radius 2 is 2.18 bits per heavy atom. The van der Waals surface area contributed by atoms with Gasteiger partial charge in [-0.1, -0.05) is 12.1 Å². The number of nitrogen functional groups attached to an aromatic ring is 1. The van der Waals surface area contributed by atoms with E-state index >= 15 is 0 Å². The van der Waals surface area contributed by atoms with Gasteiger partial charge in [-0.15, -0.1) is 0 Å². The number of H-pyrrole nitrogens is 1. The largest absolute Gasteiger partial charge is 0.396 e. The molecular formula is C13H14N4. The Morgan fingerprint density at radius 3 is 2.82 bits per heavy atom. The Labute approximate surface area is 99.1 Å². The van der Waals surface area contributed by atoms with E-state index < -0.39 is 0 Å². The first kappa shape index (κ1) is 9.96. The maximum absolute atomic E-state index is 5.93. The average molecular weight is 226 g/mol. The molecule has 3 N–H and O–H groups in total. The van der Waals surface area contributed by atoms with Crippen molar-refractivity contribution in [1.82, 2.24) is 14.8 Å². The van der Waals surface area contributed by atoms with Crippen molar-refractivity contribution in [2.45, 2.75) is 6.92 Å². The van der Waals surface area contributed by atoms with Crippen molar-refractivity contribution >= 4 is 16.6 Å². The predicted octanol–water partition coefficient (Wildman–Crippen LogP) is 2.46. The van der Waals surface area contributed by atoms with Crippen LogP contribution in [0.1, 0.15) is 5.56 Å². The molecule has 86 valence electrons. The Morgan fingerprint density at radius 1 is 1.35 bits per heavy atom. The van der Waals surface area contributed by atoms with Crippen molar-refractivity contribution in [2.75, 3.05) is 5.73 Å². The molecule has 0 unspecified atom stereocenters. The lowest BCUT2D eigenvalue weighted by molar-refractivity contribution is 0.774. The zero-order valence-electron chi connectivity index (χ0n) is 9.86. The van der Waals surface area contributed by atoms with E-state index in [0.717, 1.165) is 16.9 Å². The molecular weight excluding hydrogens is 212 g/mol. The van der Waals surface area contributed by atoms with Crippen LogP contribution in [0.25, 0.3) is 22.3 Å². The maximum atomic E-state index is 5.93. The third kappa shape index (κ3) is 1.41. The number of nitrogens with two attached hydrogens (primary N) is 1. The quantitative estimate of drug-likeness (QED) is 0.669. The molecule has 0 radical (unpaired) electrons. The summed E-state index contributed by atoms with van der Waals surface area (Å²) in [6.45, 7) is 2.10. The molecule has 0 atom stereocenters. The van der Waals surface area contributed by atoms with Crippen LogP contribution in [0.4, 0.5) is 5.69 Å². The summed E-state index contributed by atoms with van der Waals surface area (Å²) in [5.74, 6) is 0. The van der Waals surface area contributed by atoms with E-state index in [0.29, 0.717) is 5.69 Å². The Bertz CT molecular complexity index is 671. The van der Waals surface area contributed by atoms with E-state index in [4.69, 9.17) is 5.73 Å². The molecule has 0 aliphatic heterocycles. The van der Waals surface area contributed by atoms with Crippen LogP contribution in [0.2, 0.25) is 0 Å². The molecule has 0 bridgehead atoms. The number of aromatic nitrogens is 3. The summed E-state index contributed by atoms with van der Waals surface area (Å²) in [5, 5.41) is 5.38. The fourth-order valence-corrected chi connectivity index (χ4v) is 2.22. The monoisotopic (exact) mass is 226 g/mol. The van der Waals surface area contributed by atoms with Crippen LogP contribution in [-0.2, 0) is 7.05 Å². The summed E-state index contributed by atoms with van der Waals surface area (Å²) in [5.41, 5.74) is 10.9. The molecule has 2 aromatic heterocycles. The normalized spacial score (nSPS) is 11.2. The summed E-state index contributed by atoms with van der Waals surface area (Å²) >= 11 is 0. The smallest absolute Gasteiger partial charge is 0.107 e. The van der Waals surface area contributed by atoms with E-state index in [-0.39, 0.29) is 0 Å². The van der Waals surface area contributed by atoms with Crippen molar-refractivity contribution in [1.29, 1.82) is 0 Å². The molecule has 3 rings (SSSR count). The molecule has 1 aromatic carbocycles. The van der Waals surface area contributed by atoms with Gasteiger partial charge in [-0.2, -0.15) is 5.10 Å². The van der Waals surface area contributed by atoms with Crippen LogP contribution in [0.3, 0.4) is 0 Å². The number of fused-ring (bicyclic) bond motifs is 1. The highest BCUT2D eigenvalue weighted by molar-refractivity contribution is 5.89. The van der Waals surface area contributed by atoms with Gasteiger partial charge >= 0.3 is 0 Å². The van der Waals surface area contributed by atoms with Crippen molar-refractivity contribution in [3.63, 3.8) is 0 Å². The predicted molar refractivity (Wildman–Crippen MR) is 69.7 cm³/mol. The summed E-state index contributed by atoms with van der Waals surface area (Å²) < 4.78 is 1.79. The second-order valence-corrected chi connectivity index (χ2v) is 4.29. The first-order valence-corrected chi connectivity index (χ1v) is 5.53.